The molecule has 26 heavy (non-hydrogen) atoms. The van der Waals surface area contributed by atoms with Crippen LogP contribution in [0.4, 0.5) is 10.5 Å². The number of amides is 3. The summed E-state index contributed by atoms with van der Waals surface area (Å²) in [4.78, 5) is 29.3. The Balaban J connectivity index is 1.68. The molecule has 2 fully saturated rings. The third-order valence-electron chi connectivity index (χ3n) is 5.66. The average Bonchev–Trinajstić information content (AvgIpc) is 3.10. The van der Waals surface area contributed by atoms with Crippen LogP contribution in [0.2, 0.25) is 0 Å². The Kier molecular flexibility index (Phi) is 5.84. The van der Waals surface area contributed by atoms with Crippen molar-refractivity contribution in [3.63, 3.8) is 0 Å². The Morgan fingerprint density at radius 2 is 1.65 bits per heavy atom. The molecule has 3 amide bonds. The van der Waals surface area contributed by atoms with Crippen LogP contribution in [0.25, 0.3) is 0 Å². The highest BCUT2D eigenvalue weighted by Crippen LogP contribution is 2.25. The maximum Gasteiger partial charge on any atom is 0.318 e. The minimum atomic E-state index is -0.357. The van der Waals surface area contributed by atoms with E-state index in [9.17, 15) is 9.59 Å². The number of nitrogens with one attached hydrogen (secondary N) is 1. The summed E-state index contributed by atoms with van der Waals surface area (Å²) in [7, 11) is 1.81. The Hall–Kier alpha value is -2.04. The van der Waals surface area contributed by atoms with E-state index in [1.54, 1.807) is 9.80 Å². The molecule has 1 N–H and O–H groups in total. The molecule has 5 nitrogen and oxygen atoms in total. The molecular weight excluding hydrogens is 326 g/mol. The molecule has 1 aromatic rings. The van der Waals surface area contributed by atoms with Gasteiger partial charge in [-0.15, -0.1) is 0 Å². The van der Waals surface area contributed by atoms with Crippen molar-refractivity contribution in [1.82, 2.24) is 10.2 Å². The van der Waals surface area contributed by atoms with E-state index < -0.39 is 0 Å². The Morgan fingerprint density at radius 3 is 2.31 bits per heavy atom. The molecule has 0 bridgehead atoms. The number of anilines is 1. The molecule has 142 valence electrons. The first-order valence-corrected chi connectivity index (χ1v) is 9.88. The van der Waals surface area contributed by atoms with Gasteiger partial charge in [0.25, 0.3) is 0 Å². The predicted octanol–water partition coefficient (Wildman–Crippen LogP) is 3.77. The number of aryl methyl sites for hydroxylation is 2. The van der Waals surface area contributed by atoms with Gasteiger partial charge < -0.3 is 15.1 Å². The summed E-state index contributed by atoms with van der Waals surface area (Å²) in [6.45, 7) is 4.73. The lowest BCUT2D eigenvalue weighted by Crippen LogP contribution is -2.52. The van der Waals surface area contributed by atoms with Gasteiger partial charge in [0.2, 0.25) is 5.91 Å². The normalized spacial score (nSPS) is 20.9. The number of rotatable bonds is 3. The van der Waals surface area contributed by atoms with Crippen LogP contribution in [0.5, 0.6) is 0 Å². The highest BCUT2D eigenvalue weighted by molar-refractivity contribution is 5.99. The standard InChI is InChI=1S/C21H31N3O2/c1-15-12-16(2)14-18(13-15)23(3)20(25)19-10-7-11-24(19)21(26)22-17-8-5-4-6-9-17/h12-14,17,19H,4-11H2,1-3H3,(H,22,26)/t19-/m0/s1. The van der Waals surface area contributed by atoms with E-state index in [0.29, 0.717) is 6.54 Å². The summed E-state index contributed by atoms with van der Waals surface area (Å²) < 4.78 is 0. The summed E-state index contributed by atoms with van der Waals surface area (Å²) >= 11 is 0. The summed E-state index contributed by atoms with van der Waals surface area (Å²) in [6, 6.07) is 5.98. The van der Waals surface area contributed by atoms with Crippen LogP contribution in [-0.4, -0.2) is 42.5 Å². The number of hydrogen-bond acceptors (Lipinski definition) is 2. The van der Waals surface area contributed by atoms with Gasteiger partial charge in [-0.05, 0) is 62.8 Å². The van der Waals surface area contributed by atoms with Crippen LogP contribution in [0.1, 0.15) is 56.1 Å². The van der Waals surface area contributed by atoms with Crippen LogP contribution < -0.4 is 10.2 Å². The molecule has 0 radical (unpaired) electrons. The predicted molar refractivity (Wildman–Crippen MR) is 104 cm³/mol. The zero-order chi connectivity index (χ0) is 18.7. The topological polar surface area (TPSA) is 52.7 Å². The molecule has 2 aliphatic rings. The number of hydrogen-bond donors (Lipinski definition) is 1. The fraction of sp³-hybridized carbons (Fsp3) is 0.619. The SMILES string of the molecule is Cc1cc(C)cc(N(C)C(=O)[C@@H]2CCCN2C(=O)NC2CCCCC2)c1. The lowest BCUT2D eigenvalue weighted by atomic mass is 9.96. The van der Waals surface area contributed by atoms with Gasteiger partial charge in [-0.3, -0.25) is 4.79 Å². The maximum atomic E-state index is 13.1. The van der Waals surface area contributed by atoms with E-state index >= 15 is 0 Å². The van der Waals surface area contributed by atoms with Crippen LogP contribution in [0, 0.1) is 13.8 Å². The molecule has 1 heterocycles. The summed E-state index contributed by atoms with van der Waals surface area (Å²) in [5.41, 5.74) is 3.17. The van der Waals surface area contributed by atoms with Crippen molar-refractivity contribution in [3.05, 3.63) is 29.3 Å². The first-order chi connectivity index (χ1) is 12.5. The number of carbonyl (C=O) groups excluding carboxylic acids is 2. The number of benzene rings is 1. The third-order valence-corrected chi connectivity index (χ3v) is 5.66. The average molecular weight is 357 g/mol. The molecule has 1 aliphatic carbocycles. The van der Waals surface area contributed by atoms with E-state index in [2.05, 4.69) is 11.4 Å². The Bertz CT molecular complexity index is 647. The molecule has 1 aromatic carbocycles. The Morgan fingerprint density at radius 1 is 1.00 bits per heavy atom. The molecule has 3 rings (SSSR count). The number of carbonyl (C=O) groups is 2. The lowest BCUT2D eigenvalue weighted by Gasteiger charge is -2.31. The van der Waals surface area contributed by atoms with E-state index in [4.69, 9.17) is 0 Å². The maximum absolute atomic E-state index is 13.1. The zero-order valence-electron chi connectivity index (χ0n) is 16.3. The summed E-state index contributed by atoms with van der Waals surface area (Å²) in [5, 5.41) is 3.16. The largest absolute Gasteiger partial charge is 0.335 e. The monoisotopic (exact) mass is 357 g/mol. The van der Waals surface area contributed by atoms with E-state index in [1.165, 1.54) is 19.3 Å². The minimum absolute atomic E-state index is 0.00583. The zero-order valence-corrected chi connectivity index (χ0v) is 16.3. The molecule has 1 aliphatic heterocycles. The van der Waals surface area contributed by atoms with Gasteiger partial charge in [-0.1, -0.05) is 25.3 Å². The van der Waals surface area contributed by atoms with Gasteiger partial charge in [0.1, 0.15) is 6.04 Å². The molecule has 1 saturated carbocycles. The summed E-state index contributed by atoms with van der Waals surface area (Å²) in [6.07, 6.45) is 7.37. The number of nitrogens with zero attached hydrogens (tertiary/aromatic N) is 2. The molecule has 0 unspecified atom stereocenters. The van der Waals surface area contributed by atoms with Crippen molar-refractivity contribution in [2.45, 2.75) is 70.9 Å². The van der Waals surface area contributed by atoms with Gasteiger partial charge in [0.15, 0.2) is 0 Å². The first-order valence-electron chi connectivity index (χ1n) is 9.88. The van der Waals surface area contributed by atoms with Gasteiger partial charge in [-0.2, -0.15) is 0 Å². The smallest absolute Gasteiger partial charge is 0.318 e. The van der Waals surface area contributed by atoms with E-state index in [1.807, 2.05) is 33.0 Å². The molecule has 0 aromatic heterocycles. The van der Waals surface area contributed by atoms with Gasteiger partial charge in [0, 0.05) is 25.3 Å². The fourth-order valence-electron chi connectivity index (χ4n) is 4.27. The first kappa shape index (κ1) is 18.7. The van der Waals surface area contributed by atoms with Crippen LogP contribution >= 0.6 is 0 Å². The molecule has 0 spiro atoms. The van der Waals surface area contributed by atoms with Crippen molar-refractivity contribution >= 4 is 17.6 Å². The van der Waals surface area contributed by atoms with Crippen molar-refractivity contribution in [1.29, 1.82) is 0 Å². The van der Waals surface area contributed by atoms with Crippen LogP contribution in [0.3, 0.4) is 0 Å². The quantitative estimate of drug-likeness (QED) is 0.895. The Labute approximate surface area is 156 Å². The minimum Gasteiger partial charge on any atom is -0.335 e. The second-order valence-electron chi connectivity index (χ2n) is 7.88. The van der Waals surface area contributed by atoms with Crippen molar-refractivity contribution in [2.75, 3.05) is 18.5 Å². The lowest BCUT2D eigenvalue weighted by molar-refractivity contribution is -0.121. The van der Waals surface area contributed by atoms with Crippen molar-refractivity contribution < 1.29 is 9.59 Å². The third kappa shape index (κ3) is 4.19. The van der Waals surface area contributed by atoms with Crippen molar-refractivity contribution in [3.8, 4) is 0 Å². The van der Waals surface area contributed by atoms with E-state index in [-0.39, 0.29) is 24.0 Å². The highest BCUT2D eigenvalue weighted by Gasteiger charge is 2.36. The number of likely N-dealkylation sites (N-methyl/N-ethyl adjacent to an activating group) is 1. The van der Waals surface area contributed by atoms with Crippen molar-refractivity contribution in [2.24, 2.45) is 0 Å². The second kappa shape index (κ2) is 8.11. The van der Waals surface area contributed by atoms with Gasteiger partial charge >= 0.3 is 6.03 Å². The summed E-state index contributed by atoms with van der Waals surface area (Å²) in [5.74, 6) is 0.00583. The molecule has 1 atom stereocenters. The van der Waals surface area contributed by atoms with Gasteiger partial charge in [0.05, 0.1) is 0 Å². The molecule has 1 saturated heterocycles. The second-order valence-corrected chi connectivity index (χ2v) is 7.88. The molecular formula is C21H31N3O2. The number of likely N-dealkylation sites (tertiary alicyclic amines) is 1. The van der Waals surface area contributed by atoms with Gasteiger partial charge in [-0.25, -0.2) is 4.79 Å². The fourth-order valence-corrected chi connectivity index (χ4v) is 4.27. The number of urea groups is 1. The van der Waals surface area contributed by atoms with Crippen LogP contribution in [-0.2, 0) is 4.79 Å². The van der Waals surface area contributed by atoms with E-state index in [0.717, 1.165) is 42.5 Å². The molecule has 5 heteroatoms. The highest BCUT2D eigenvalue weighted by atomic mass is 16.2. The van der Waals surface area contributed by atoms with Crippen LogP contribution in [0.15, 0.2) is 18.2 Å².